The topological polar surface area (TPSA) is 78.4 Å². The smallest absolute Gasteiger partial charge is 0.319 e. The highest BCUT2D eigenvalue weighted by atomic mass is 16.4. The molecule has 1 aliphatic carbocycles. The number of anilines is 1. The molecule has 1 aromatic carbocycles. The number of hydrogen-bond donors (Lipinski definition) is 3. The fraction of sp³-hybridized carbons (Fsp3) is 0.375. The lowest BCUT2D eigenvalue weighted by molar-refractivity contribution is -0.142. The quantitative estimate of drug-likeness (QED) is 0.747. The first-order valence-electron chi connectivity index (χ1n) is 6.95. The van der Waals surface area contributed by atoms with Crippen molar-refractivity contribution in [3.05, 3.63) is 29.8 Å². The van der Waals surface area contributed by atoms with Crippen LogP contribution < -0.4 is 10.6 Å². The van der Waals surface area contributed by atoms with Crippen molar-refractivity contribution in [2.24, 2.45) is 5.92 Å². The van der Waals surface area contributed by atoms with Crippen LogP contribution in [0, 0.1) is 18.3 Å². The lowest BCUT2D eigenvalue weighted by Crippen LogP contribution is -2.40. The molecule has 0 aromatic heterocycles. The van der Waals surface area contributed by atoms with E-state index in [0.717, 1.165) is 0 Å². The Morgan fingerprint density at radius 3 is 2.57 bits per heavy atom. The van der Waals surface area contributed by atoms with Gasteiger partial charge in [0, 0.05) is 17.3 Å². The highest BCUT2D eigenvalue weighted by molar-refractivity contribution is 5.89. The maximum Gasteiger partial charge on any atom is 0.319 e. The molecular formula is C16H18N2O3. The van der Waals surface area contributed by atoms with Gasteiger partial charge in [0.05, 0.1) is 5.92 Å². The molecule has 3 N–H and O–H groups in total. The van der Waals surface area contributed by atoms with Crippen molar-refractivity contribution in [1.29, 1.82) is 0 Å². The predicted octanol–water partition coefficient (Wildman–Crippen LogP) is 2.43. The molecule has 1 aliphatic rings. The zero-order valence-electron chi connectivity index (χ0n) is 11.6. The van der Waals surface area contributed by atoms with Crippen molar-refractivity contribution >= 4 is 17.7 Å². The van der Waals surface area contributed by atoms with E-state index in [9.17, 15) is 9.59 Å². The Hall–Kier alpha value is -2.48. The first-order chi connectivity index (χ1) is 10.1. The van der Waals surface area contributed by atoms with Crippen LogP contribution in [-0.2, 0) is 4.79 Å². The summed E-state index contributed by atoms with van der Waals surface area (Å²) in [6.07, 6.45) is 7.90. The Labute approximate surface area is 123 Å². The Balaban J connectivity index is 1.83. The number of benzene rings is 1. The summed E-state index contributed by atoms with van der Waals surface area (Å²) in [4.78, 5) is 22.8. The number of carboxylic acid groups (broad SMARTS) is 1. The normalized spacial score (nSPS) is 21.1. The number of urea groups is 1. The molecule has 5 heteroatoms. The average Bonchev–Trinajstić information content (AvgIpc) is 2.47. The van der Waals surface area contributed by atoms with E-state index in [-0.39, 0.29) is 18.0 Å². The summed E-state index contributed by atoms with van der Waals surface area (Å²) in [6, 6.07) is 6.79. The Morgan fingerprint density at radius 1 is 1.24 bits per heavy atom. The number of carbonyl (C=O) groups excluding carboxylic acids is 1. The van der Waals surface area contributed by atoms with Gasteiger partial charge in [-0.25, -0.2) is 4.79 Å². The van der Waals surface area contributed by atoms with Crippen LogP contribution in [0.4, 0.5) is 10.5 Å². The van der Waals surface area contributed by atoms with E-state index < -0.39 is 5.97 Å². The van der Waals surface area contributed by atoms with Crippen molar-refractivity contribution in [1.82, 2.24) is 5.32 Å². The molecule has 0 unspecified atom stereocenters. The first-order valence-corrected chi connectivity index (χ1v) is 6.95. The Kier molecular flexibility index (Phi) is 4.83. The zero-order chi connectivity index (χ0) is 15.2. The van der Waals surface area contributed by atoms with Crippen molar-refractivity contribution in [2.75, 3.05) is 5.32 Å². The van der Waals surface area contributed by atoms with Crippen molar-refractivity contribution in [3.63, 3.8) is 0 Å². The number of amides is 2. The van der Waals surface area contributed by atoms with Crippen LogP contribution in [0.25, 0.3) is 0 Å². The van der Waals surface area contributed by atoms with Crippen LogP contribution in [0.2, 0.25) is 0 Å². The van der Waals surface area contributed by atoms with Crippen LogP contribution in [0.15, 0.2) is 24.3 Å². The maximum atomic E-state index is 11.9. The first kappa shape index (κ1) is 14.9. The molecule has 2 rings (SSSR count). The maximum absolute atomic E-state index is 11.9. The summed E-state index contributed by atoms with van der Waals surface area (Å²) in [5.74, 6) is 1.48. The molecule has 5 nitrogen and oxygen atoms in total. The molecule has 1 saturated carbocycles. The van der Waals surface area contributed by atoms with Crippen molar-refractivity contribution < 1.29 is 14.7 Å². The van der Waals surface area contributed by atoms with Gasteiger partial charge in [-0.05, 0) is 43.9 Å². The van der Waals surface area contributed by atoms with Crippen molar-refractivity contribution in [2.45, 2.75) is 31.7 Å². The van der Waals surface area contributed by atoms with Gasteiger partial charge < -0.3 is 15.7 Å². The van der Waals surface area contributed by atoms with E-state index >= 15 is 0 Å². The van der Waals surface area contributed by atoms with Gasteiger partial charge in [0.25, 0.3) is 0 Å². The van der Waals surface area contributed by atoms with E-state index in [1.165, 1.54) is 0 Å². The lowest BCUT2D eigenvalue weighted by atomic mass is 9.86. The molecule has 0 bridgehead atoms. The zero-order valence-corrected chi connectivity index (χ0v) is 11.6. The number of nitrogens with one attached hydrogen (secondary N) is 2. The molecule has 110 valence electrons. The number of carboxylic acids is 1. The molecule has 1 fully saturated rings. The van der Waals surface area contributed by atoms with Gasteiger partial charge in [0.2, 0.25) is 0 Å². The number of terminal acetylenes is 1. The highest BCUT2D eigenvalue weighted by Crippen LogP contribution is 2.24. The van der Waals surface area contributed by atoms with Gasteiger partial charge in [-0.2, -0.15) is 0 Å². The molecule has 1 aromatic rings. The molecule has 0 atom stereocenters. The third-order valence-electron chi connectivity index (χ3n) is 3.70. The largest absolute Gasteiger partial charge is 0.481 e. The Morgan fingerprint density at radius 2 is 1.95 bits per heavy atom. The molecule has 0 spiro atoms. The number of aliphatic carboxylic acids is 1. The lowest BCUT2D eigenvalue weighted by Gasteiger charge is -2.26. The van der Waals surface area contributed by atoms with Crippen LogP contribution >= 0.6 is 0 Å². The van der Waals surface area contributed by atoms with Crippen LogP contribution in [0.5, 0.6) is 0 Å². The molecular weight excluding hydrogens is 268 g/mol. The minimum atomic E-state index is -0.746. The van der Waals surface area contributed by atoms with E-state index in [1.54, 1.807) is 24.3 Å². The predicted molar refractivity (Wildman–Crippen MR) is 79.9 cm³/mol. The van der Waals surface area contributed by atoms with Gasteiger partial charge in [-0.3, -0.25) is 4.79 Å². The minimum absolute atomic E-state index is 0.0245. The standard InChI is InChI=1S/C16H18N2O3/c1-2-11-4-3-5-14(10-11)18-16(21)17-13-8-6-12(7-9-13)15(19)20/h1,3-5,10,12-13H,6-9H2,(H,19,20)(H2,17,18,21). The second-order valence-electron chi connectivity index (χ2n) is 5.21. The summed E-state index contributed by atoms with van der Waals surface area (Å²) >= 11 is 0. The van der Waals surface area contributed by atoms with Gasteiger partial charge in [-0.1, -0.05) is 12.0 Å². The second kappa shape index (κ2) is 6.80. The average molecular weight is 286 g/mol. The van der Waals surface area contributed by atoms with Crippen LogP contribution in [-0.4, -0.2) is 23.1 Å². The number of hydrogen-bond acceptors (Lipinski definition) is 2. The molecule has 0 radical (unpaired) electrons. The summed E-state index contributed by atoms with van der Waals surface area (Å²) in [6.45, 7) is 0. The Bertz CT molecular complexity index is 569. The van der Waals surface area contributed by atoms with Crippen LogP contribution in [0.1, 0.15) is 31.2 Å². The third kappa shape index (κ3) is 4.25. The van der Waals surface area contributed by atoms with Gasteiger partial charge in [0.15, 0.2) is 0 Å². The SMILES string of the molecule is C#Cc1cccc(NC(=O)NC2CCC(C(=O)O)CC2)c1. The molecule has 21 heavy (non-hydrogen) atoms. The summed E-state index contributed by atoms with van der Waals surface area (Å²) in [5, 5.41) is 14.5. The van der Waals surface area contributed by atoms with Crippen LogP contribution in [0.3, 0.4) is 0 Å². The van der Waals surface area contributed by atoms with E-state index in [4.69, 9.17) is 11.5 Å². The van der Waals surface area contributed by atoms with Gasteiger partial charge in [-0.15, -0.1) is 6.42 Å². The molecule has 0 aliphatic heterocycles. The minimum Gasteiger partial charge on any atom is -0.481 e. The third-order valence-corrected chi connectivity index (χ3v) is 3.70. The van der Waals surface area contributed by atoms with E-state index in [0.29, 0.717) is 36.9 Å². The van der Waals surface area contributed by atoms with Gasteiger partial charge in [0.1, 0.15) is 0 Å². The fourth-order valence-electron chi connectivity index (χ4n) is 2.52. The summed E-state index contributed by atoms with van der Waals surface area (Å²) in [5.41, 5.74) is 1.34. The summed E-state index contributed by atoms with van der Waals surface area (Å²) in [7, 11) is 0. The van der Waals surface area contributed by atoms with E-state index in [1.807, 2.05) is 0 Å². The fourth-order valence-corrected chi connectivity index (χ4v) is 2.52. The van der Waals surface area contributed by atoms with E-state index in [2.05, 4.69) is 16.6 Å². The number of carbonyl (C=O) groups is 2. The monoisotopic (exact) mass is 286 g/mol. The summed E-state index contributed by atoms with van der Waals surface area (Å²) < 4.78 is 0. The molecule has 0 saturated heterocycles. The van der Waals surface area contributed by atoms with Crippen molar-refractivity contribution in [3.8, 4) is 12.3 Å². The molecule has 2 amide bonds. The molecule has 0 heterocycles. The number of rotatable bonds is 3. The van der Waals surface area contributed by atoms with Gasteiger partial charge >= 0.3 is 12.0 Å². The highest BCUT2D eigenvalue weighted by Gasteiger charge is 2.26. The second-order valence-corrected chi connectivity index (χ2v) is 5.21.